The predicted molar refractivity (Wildman–Crippen MR) is 125 cm³/mol. The van der Waals surface area contributed by atoms with Crippen molar-refractivity contribution in [3.05, 3.63) is 77.4 Å². The minimum atomic E-state index is -0.557. The van der Waals surface area contributed by atoms with Crippen molar-refractivity contribution >= 4 is 17.4 Å². The van der Waals surface area contributed by atoms with E-state index < -0.39 is 11.7 Å². The number of benzene rings is 2. The second kappa shape index (κ2) is 10.6. The largest absolute Gasteiger partial charge is 0.493 e. The van der Waals surface area contributed by atoms with Crippen LogP contribution >= 0.6 is 0 Å². The third kappa shape index (κ3) is 5.22. The Bertz CT molecular complexity index is 1290. The number of aromatic nitrogens is 4. The molecule has 0 aliphatic carbocycles. The summed E-state index contributed by atoms with van der Waals surface area (Å²) in [4.78, 5) is 12.2. The zero-order chi connectivity index (χ0) is 23.9. The van der Waals surface area contributed by atoms with Crippen molar-refractivity contribution in [2.24, 2.45) is 0 Å². The Labute approximate surface area is 195 Å². The Morgan fingerprint density at radius 3 is 2.59 bits per heavy atom. The molecule has 0 bridgehead atoms. The zero-order valence-corrected chi connectivity index (χ0v) is 18.9. The highest BCUT2D eigenvalue weighted by Crippen LogP contribution is 2.27. The number of nitrogens with zero attached hydrogens (tertiary/aromatic N) is 4. The molecule has 4 aromatic rings. The van der Waals surface area contributed by atoms with Crippen LogP contribution in [0.25, 0.3) is 5.65 Å². The number of fused-ring (bicyclic) bond motifs is 1. The lowest BCUT2D eigenvalue weighted by Gasteiger charge is -2.10. The average Bonchev–Trinajstić information content (AvgIpc) is 3.26. The second-order valence-corrected chi connectivity index (χ2v) is 7.46. The Morgan fingerprint density at radius 2 is 1.79 bits per heavy atom. The van der Waals surface area contributed by atoms with Crippen molar-refractivity contribution in [1.29, 1.82) is 0 Å². The van der Waals surface area contributed by atoms with Crippen LogP contribution in [0.5, 0.6) is 11.5 Å². The summed E-state index contributed by atoms with van der Waals surface area (Å²) in [7, 11) is 3.22. The van der Waals surface area contributed by atoms with E-state index in [2.05, 4.69) is 25.9 Å². The molecule has 0 radical (unpaired) electrons. The minimum absolute atomic E-state index is 0.00712. The van der Waals surface area contributed by atoms with Crippen molar-refractivity contribution in [3.63, 3.8) is 0 Å². The Hall–Kier alpha value is -4.21. The smallest absolute Gasteiger partial charge is 0.254 e. The number of nitrogens with one attached hydrogen (secondary N) is 2. The summed E-state index contributed by atoms with van der Waals surface area (Å²) in [5, 5.41) is 18.8. The maximum atomic E-state index is 13.8. The van der Waals surface area contributed by atoms with Gasteiger partial charge in [0, 0.05) is 19.5 Å². The minimum Gasteiger partial charge on any atom is -0.493 e. The molecule has 1 amide bonds. The van der Waals surface area contributed by atoms with Gasteiger partial charge in [-0.05, 0) is 48.4 Å². The van der Waals surface area contributed by atoms with Crippen LogP contribution in [0.3, 0.4) is 0 Å². The number of ether oxygens (including phenoxy) is 2. The highest BCUT2D eigenvalue weighted by Gasteiger charge is 2.12. The predicted octanol–water partition coefficient (Wildman–Crippen LogP) is 2.91. The number of anilines is 1. The van der Waals surface area contributed by atoms with E-state index in [-0.39, 0.29) is 12.1 Å². The molecule has 0 saturated heterocycles. The third-order valence-corrected chi connectivity index (χ3v) is 5.25. The summed E-state index contributed by atoms with van der Waals surface area (Å²) < 4.78 is 26.0. The summed E-state index contributed by atoms with van der Waals surface area (Å²) in [6.45, 7) is 0.927. The van der Waals surface area contributed by atoms with Crippen LogP contribution in [0.1, 0.15) is 21.7 Å². The van der Waals surface area contributed by atoms with E-state index in [4.69, 9.17) is 9.47 Å². The molecule has 176 valence electrons. The van der Waals surface area contributed by atoms with Gasteiger partial charge in [-0.25, -0.2) is 4.39 Å². The van der Waals surface area contributed by atoms with E-state index in [1.54, 1.807) is 30.9 Å². The van der Waals surface area contributed by atoms with Crippen LogP contribution < -0.4 is 20.1 Å². The summed E-state index contributed by atoms with van der Waals surface area (Å²) in [5.41, 5.74) is 1.70. The van der Waals surface area contributed by atoms with Crippen molar-refractivity contribution in [2.45, 2.75) is 12.8 Å². The van der Waals surface area contributed by atoms with E-state index in [0.717, 1.165) is 12.0 Å². The Kier molecular flexibility index (Phi) is 7.16. The van der Waals surface area contributed by atoms with Gasteiger partial charge < -0.3 is 20.1 Å². The van der Waals surface area contributed by atoms with Gasteiger partial charge in [0.2, 0.25) is 0 Å². The molecule has 0 spiro atoms. The van der Waals surface area contributed by atoms with Gasteiger partial charge in [-0.15, -0.1) is 15.3 Å². The van der Waals surface area contributed by atoms with E-state index in [1.807, 2.05) is 30.3 Å². The first-order valence-electron chi connectivity index (χ1n) is 10.8. The molecule has 2 aromatic carbocycles. The quantitative estimate of drug-likeness (QED) is 0.372. The van der Waals surface area contributed by atoms with Crippen molar-refractivity contribution in [2.75, 3.05) is 32.6 Å². The molecule has 0 saturated carbocycles. The van der Waals surface area contributed by atoms with Crippen LogP contribution in [0.4, 0.5) is 10.2 Å². The van der Waals surface area contributed by atoms with Gasteiger partial charge in [-0.2, -0.15) is 4.52 Å². The second-order valence-electron chi connectivity index (χ2n) is 7.46. The lowest BCUT2D eigenvalue weighted by atomic mass is 10.1. The molecule has 2 aromatic heterocycles. The average molecular weight is 465 g/mol. The normalized spacial score (nSPS) is 10.8. The lowest BCUT2D eigenvalue weighted by molar-refractivity contribution is 0.0950. The van der Waals surface area contributed by atoms with Gasteiger partial charge >= 0.3 is 0 Å². The first-order valence-corrected chi connectivity index (χ1v) is 10.8. The number of hydrogen-bond donors (Lipinski definition) is 2. The van der Waals surface area contributed by atoms with E-state index in [1.165, 1.54) is 12.1 Å². The SMILES string of the molecule is COc1ccc(CCNc2ccc3nnc(CCNC(=O)c4ccccc4F)n3n2)cc1OC. The number of hydrogen-bond acceptors (Lipinski definition) is 7. The molecule has 0 atom stereocenters. The fraction of sp³-hybridized carbons (Fsp3) is 0.250. The number of methoxy groups -OCH3 is 2. The van der Waals surface area contributed by atoms with Gasteiger partial charge in [0.05, 0.1) is 19.8 Å². The Morgan fingerprint density at radius 1 is 0.971 bits per heavy atom. The van der Waals surface area contributed by atoms with Gasteiger partial charge in [0.15, 0.2) is 23.0 Å². The fourth-order valence-electron chi connectivity index (χ4n) is 3.48. The van der Waals surface area contributed by atoms with Gasteiger partial charge in [0.25, 0.3) is 5.91 Å². The van der Waals surface area contributed by atoms with Crippen LogP contribution in [0, 0.1) is 5.82 Å². The molecule has 2 heterocycles. The molecular formula is C24H25FN6O3. The van der Waals surface area contributed by atoms with Crippen LogP contribution in [-0.4, -0.2) is 53.0 Å². The monoisotopic (exact) mass is 464 g/mol. The molecule has 0 aliphatic heterocycles. The molecule has 9 nitrogen and oxygen atoms in total. The first kappa shape index (κ1) is 23.0. The van der Waals surface area contributed by atoms with E-state index in [0.29, 0.717) is 41.8 Å². The molecule has 0 aliphatic rings. The maximum Gasteiger partial charge on any atom is 0.254 e. The van der Waals surface area contributed by atoms with Crippen LogP contribution in [0.2, 0.25) is 0 Å². The Balaban J connectivity index is 1.35. The first-order chi connectivity index (χ1) is 16.6. The molecule has 0 unspecified atom stereocenters. The summed E-state index contributed by atoms with van der Waals surface area (Å²) in [6, 6.07) is 15.3. The third-order valence-electron chi connectivity index (χ3n) is 5.25. The van der Waals surface area contributed by atoms with Gasteiger partial charge in [-0.1, -0.05) is 18.2 Å². The van der Waals surface area contributed by atoms with Gasteiger partial charge in [-0.3, -0.25) is 4.79 Å². The molecule has 2 N–H and O–H groups in total. The van der Waals surface area contributed by atoms with Crippen molar-refractivity contribution in [3.8, 4) is 11.5 Å². The number of halogens is 1. The summed E-state index contributed by atoms with van der Waals surface area (Å²) >= 11 is 0. The molecule has 10 heteroatoms. The zero-order valence-electron chi connectivity index (χ0n) is 18.9. The lowest BCUT2D eigenvalue weighted by Crippen LogP contribution is -2.27. The van der Waals surface area contributed by atoms with Crippen LogP contribution in [0.15, 0.2) is 54.6 Å². The standard InChI is InChI=1S/C24H25FN6O3/c1-33-19-8-7-16(15-20(19)34-2)11-13-26-21-9-10-22-28-29-23(31(22)30-21)12-14-27-24(32)17-5-3-4-6-18(17)25/h3-10,15H,11-14H2,1-2H3,(H,26,30)(H,27,32). The van der Waals surface area contributed by atoms with Crippen LogP contribution in [-0.2, 0) is 12.8 Å². The summed E-state index contributed by atoms with van der Waals surface area (Å²) in [5.74, 6) is 1.61. The fourth-order valence-corrected chi connectivity index (χ4v) is 3.48. The topological polar surface area (TPSA) is 103 Å². The van der Waals surface area contributed by atoms with E-state index >= 15 is 0 Å². The molecule has 34 heavy (non-hydrogen) atoms. The molecule has 0 fully saturated rings. The number of rotatable bonds is 10. The van der Waals surface area contributed by atoms with Crippen molar-refractivity contribution in [1.82, 2.24) is 25.1 Å². The van der Waals surface area contributed by atoms with Gasteiger partial charge in [0.1, 0.15) is 11.6 Å². The number of carbonyl (C=O) groups is 1. The van der Waals surface area contributed by atoms with E-state index in [9.17, 15) is 9.18 Å². The highest BCUT2D eigenvalue weighted by atomic mass is 19.1. The summed E-state index contributed by atoms with van der Waals surface area (Å²) in [6.07, 6.45) is 1.15. The molecular weight excluding hydrogens is 439 g/mol. The maximum absolute atomic E-state index is 13.8. The highest BCUT2D eigenvalue weighted by molar-refractivity contribution is 5.94. The number of amides is 1. The van der Waals surface area contributed by atoms with Crippen molar-refractivity contribution < 1.29 is 18.7 Å². The molecule has 4 rings (SSSR count). The number of carbonyl (C=O) groups excluding carboxylic acids is 1.